The number of aliphatic hydroxyl groups is 1. The van der Waals surface area contributed by atoms with E-state index in [-0.39, 0.29) is 39.2 Å². The zero-order chi connectivity index (χ0) is 35.6. The lowest BCUT2D eigenvalue weighted by atomic mass is 9.90. The number of ether oxygens (including phenoxy) is 3. The van der Waals surface area contributed by atoms with Crippen molar-refractivity contribution in [1.82, 2.24) is 10.6 Å². The highest BCUT2D eigenvalue weighted by Gasteiger charge is 2.38. The van der Waals surface area contributed by atoms with Crippen LogP contribution in [0, 0.1) is 17.3 Å². The van der Waals surface area contributed by atoms with Crippen molar-refractivity contribution in [3.63, 3.8) is 0 Å². The molecule has 0 fully saturated rings. The van der Waals surface area contributed by atoms with E-state index in [4.69, 9.17) is 37.4 Å². The van der Waals surface area contributed by atoms with Crippen LogP contribution in [0.5, 0.6) is 5.75 Å². The molecular formula is C37H50Cl2N2O8. The number of hydrogen-bond donors (Lipinski definition) is 3. The summed E-state index contributed by atoms with van der Waals surface area (Å²) in [4.78, 5) is 53.6. The van der Waals surface area contributed by atoms with Crippen molar-refractivity contribution in [2.75, 3.05) is 13.7 Å². The minimum Gasteiger partial charge on any atom is -0.495 e. The third-order valence-corrected chi connectivity index (χ3v) is 9.00. The Morgan fingerprint density at radius 3 is 2.33 bits per heavy atom. The Morgan fingerprint density at radius 2 is 1.71 bits per heavy atom. The normalized spacial score (nSPS) is 23.1. The summed E-state index contributed by atoms with van der Waals surface area (Å²) in [7, 11) is 1.49. The second-order valence-electron chi connectivity index (χ2n) is 13.1. The molecule has 0 spiro atoms. The largest absolute Gasteiger partial charge is 0.495 e. The van der Waals surface area contributed by atoms with Crippen molar-refractivity contribution in [1.29, 1.82) is 0 Å². The summed E-state index contributed by atoms with van der Waals surface area (Å²) in [5, 5.41) is 16.3. The van der Waals surface area contributed by atoms with Crippen LogP contribution in [0.2, 0.25) is 5.02 Å². The molecule has 10 nitrogen and oxygen atoms in total. The number of carbonyl (C=O) groups excluding carboxylic acids is 4. The zero-order valence-electron chi connectivity index (χ0n) is 28.2. The monoisotopic (exact) mass is 720 g/mol. The van der Waals surface area contributed by atoms with Crippen molar-refractivity contribution in [3.8, 4) is 5.75 Å². The number of hydrogen-bond acceptors (Lipinski definition) is 8. The minimum atomic E-state index is -1.25. The standard InChI is InChI=1S/C36H46Cl2N2O8.CH4/c1-21(2)17-29-34(44)47-27(22(3)32(42)31(38)24-11-8-7-9-12-24)13-10-14-30(41)40-26(19-23-15-16-28(46-6)25(37)18-23)33(43)39-20-36(4,5)35(45)48-29;/h7-12,14-16,18,21-22,26-27,29,31-32,42H,13,17,19-20H2,1-6H3,(H,39,43)(H,40,41);1H4/b14-10+;/t22-,26+,27-,29-,31-,32+;/m0./s1. The number of benzene rings is 2. The van der Waals surface area contributed by atoms with E-state index in [2.05, 4.69) is 10.6 Å². The first-order chi connectivity index (χ1) is 22.6. The number of methoxy groups -OCH3 is 1. The van der Waals surface area contributed by atoms with Gasteiger partial charge in [0.1, 0.15) is 17.9 Å². The average molecular weight is 722 g/mol. The number of nitrogens with one attached hydrogen (secondary N) is 2. The maximum absolute atomic E-state index is 13.6. The summed E-state index contributed by atoms with van der Waals surface area (Å²) < 4.78 is 16.9. The highest BCUT2D eigenvalue weighted by molar-refractivity contribution is 6.32. The number of halogens is 2. The van der Waals surface area contributed by atoms with E-state index in [0.717, 1.165) is 0 Å². The molecule has 0 unspecified atom stereocenters. The molecule has 0 radical (unpaired) electrons. The molecule has 0 aliphatic carbocycles. The number of amides is 2. The summed E-state index contributed by atoms with van der Waals surface area (Å²) in [6, 6.07) is 13.0. The lowest BCUT2D eigenvalue weighted by Gasteiger charge is -2.32. The molecule has 0 saturated carbocycles. The van der Waals surface area contributed by atoms with Crippen LogP contribution in [0.1, 0.15) is 71.4 Å². The summed E-state index contributed by atoms with van der Waals surface area (Å²) in [6.45, 7) is 8.49. The SMILES string of the molecule is C.COc1ccc(C[C@H]2NC(=O)/C=C/C[C@@H]([C@H](C)[C@@H](O)[C@@H](Cl)c3ccccc3)OC(=O)[C@H](CC(C)C)OC(=O)C(C)(C)CNC2=O)cc1Cl. The van der Waals surface area contributed by atoms with E-state index >= 15 is 0 Å². The van der Waals surface area contributed by atoms with Crippen LogP contribution < -0.4 is 15.4 Å². The molecule has 6 atom stereocenters. The van der Waals surface area contributed by atoms with Gasteiger partial charge in [0.15, 0.2) is 6.10 Å². The van der Waals surface area contributed by atoms with Gasteiger partial charge in [-0.25, -0.2) is 4.79 Å². The smallest absolute Gasteiger partial charge is 0.347 e. The number of rotatable bonds is 9. The highest BCUT2D eigenvalue weighted by Crippen LogP contribution is 2.32. The molecule has 49 heavy (non-hydrogen) atoms. The topological polar surface area (TPSA) is 140 Å². The van der Waals surface area contributed by atoms with Crippen LogP contribution in [0.3, 0.4) is 0 Å². The van der Waals surface area contributed by atoms with Gasteiger partial charge < -0.3 is 30.0 Å². The van der Waals surface area contributed by atoms with Gasteiger partial charge in [-0.1, -0.05) is 82.3 Å². The fourth-order valence-electron chi connectivity index (χ4n) is 5.14. The van der Waals surface area contributed by atoms with Gasteiger partial charge in [-0.15, -0.1) is 11.6 Å². The number of carbonyl (C=O) groups is 4. The molecule has 12 heteroatoms. The van der Waals surface area contributed by atoms with Gasteiger partial charge in [0.25, 0.3) is 0 Å². The van der Waals surface area contributed by atoms with Crippen molar-refractivity contribution < 1.29 is 38.5 Å². The molecule has 3 rings (SSSR count). The molecule has 2 aromatic carbocycles. The Labute approximate surface area is 299 Å². The number of cyclic esters (lactones) is 2. The molecule has 1 aliphatic heterocycles. The Bertz CT molecular complexity index is 1450. The molecule has 1 aliphatic rings. The van der Waals surface area contributed by atoms with Gasteiger partial charge in [-0.2, -0.15) is 0 Å². The lowest BCUT2D eigenvalue weighted by Crippen LogP contribution is -2.51. The molecule has 2 aromatic rings. The average Bonchev–Trinajstić information content (AvgIpc) is 3.04. The van der Waals surface area contributed by atoms with E-state index in [1.54, 1.807) is 63.2 Å². The van der Waals surface area contributed by atoms with E-state index in [9.17, 15) is 24.3 Å². The van der Waals surface area contributed by atoms with Crippen LogP contribution in [-0.2, 0) is 35.1 Å². The fourth-order valence-corrected chi connectivity index (χ4v) is 5.79. The molecular weight excluding hydrogens is 671 g/mol. The van der Waals surface area contributed by atoms with Crippen molar-refractivity contribution in [3.05, 3.63) is 76.8 Å². The Balaban J connectivity index is 0.00000833. The Kier molecular flexibility index (Phi) is 16.1. The van der Waals surface area contributed by atoms with Gasteiger partial charge in [0, 0.05) is 25.3 Å². The molecule has 270 valence electrons. The van der Waals surface area contributed by atoms with Gasteiger partial charge >= 0.3 is 11.9 Å². The number of aliphatic hydroxyl groups excluding tert-OH is 1. The lowest BCUT2D eigenvalue weighted by molar-refractivity contribution is -0.180. The van der Waals surface area contributed by atoms with Gasteiger partial charge in [-0.05, 0) is 55.5 Å². The summed E-state index contributed by atoms with van der Waals surface area (Å²) in [6.07, 6.45) is -0.287. The first-order valence-electron chi connectivity index (χ1n) is 16.0. The van der Waals surface area contributed by atoms with E-state index in [1.807, 2.05) is 19.9 Å². The Hall–Kier alpha value is -3.60. The van der Waals surface area contributed by atoms with Crippen LogP contribution in [0.15, 0.2) is 60.7 Å². The summed E-state index contributed by atoms with van der Waals surface area (Å²) in [5.41, 5.74) is 0.104. The maximum atomic E-state index is 13.6. The first kappa shape index (κ1) is 41.6. The van der Waals surface area contributed by atoms with Gasteiger partial charge in [-0.3, -0.25) is 14.4 Å². The molecule has 2 amide bonds. The first-order valence-corrected chi connectivity index (χ1v) is 16.8. The number of esters is 2. The van der Waals surface area contributed by atoms with E-state index in [0.29, 0.717) is 21.9 Å². The summed E-state index contributed by atoms with van der Waals surface area (Å²) in [5.74, 6) is -2.87. The number of alkyl halides is 1. The molecule has 0 bridgehead atoms. The Morgan fingerprint density at radius 1 is 1.04 bits per heavy atom. The quantitative estimate of drug-likeness (QED) is 0.213. The maximum Gasteiger partial charge on any atom is 0.347 e. The fraction of sp³-hybridized carbons (Fsp3) is 0.514. The molecule has 0 aromatic heterocycles. The summed E-state index contributed by atoms with van der Waals surface area (Å²) >= 11 is 13.0. The van der Waals surface area contributed by atoms with Crippen molar-refractivity contribution in [2.24, 2.45) is 17.3 Å². The van der Waals surface area contributed by atoms with Crippen molar-refractivity contribution >= 4 is 47.0 Å². The van der Waals surface area contributed by atoms with E-state index < -0.39 is 64.8 Å². The third-order valence-electron chi connectivity index (χ3n) is 8.19. The van der Waals surface area contributed by atoms with Gasteiger partial charge in [0.05, 0.1) is 29.0 Å². The van der Waals surface area contributed by atoms with E-state index in [1.165, 1.54) is 19.3 Å². The van der Waals surface area contributed by atoms with Crippen LogP contribution in [-0.4, -0.2) is 66.9 Å². The predicted octanol–water partition coefficient (Wildman–Crippen LogP) is 5.96. The predicted molar refractivity (Wildman–Crippen MR) is 190 cm³/mol. The van der Waals surface area contributed by atoms with Crippen LogP contribution in [0.25, 0.3) is 0 Å². The van der Waals surface area contributed by atoms with Crippen molar-refractivity contribution in [2.45, 2.75) is 91.0 Å². The van der Waals surface area contributed by atoms with Crippen LogP contribution in [0.4, 0.5) is 0 Å². The molecule has 0 saturated heterocycles. The molecule has 1 heterocycles. The zero-order valence-corrected chi connectivity index (χ0v) is 29.7. The minimum absolute atomic E-state index is 0. The van der Waals surface area contributed by atoms with Crippen LogP contribution >= 0.6 is 23.2 Å². The molecule has 3 N–H and O–H groups in total. The third kappa shape index (κ3) is 12.0. The second kappa shape index (κ2) is 19.0. The highest BCUT2D eigenvalue weighted by atomic mass is 35.5. The second-order valence-corrected chi connectivity index (χ2v) is 14.0. The van der Waals surface area contributed by atoms with Gasteiger partial charge in [0.2, 0.25) is 11.8 Å².